The maximum Gasteiger partial charge on any atom is 0.252 e. The number of pyridine rings is 1. The van der Waals surface area contributed by atoms with Crippen molar-refractivity contribution in [1.82, 2.24) is 9.38 Å². The summed E-state index contributed by atoms with van der Waals surface area (Å²) in [6.07, 6.45) is 3.77. The Morgan fingerprint density at radius 3 is 2.64 bits per heavy atom. The fourth-order valence-electron chi connectivity index (χ4n) is 2.69. The molecule has 4 rings (SSSR count). The fraction of sp³-hybridized carbons (Fsp3) is 0. The van der Waals surface area contributed by atoms with Crippen molar-refractivity contribution in [3.05, 3.63) is 72.6 Å². The van der Waals surface area contributed by atoms with Crippen molar-refractivity contribution in [3.8, 4) is 11.3 Å². The molecule has 22 heavy (non-hydrogen) atoms. The van der Waals surface area contributed by atoms with Crippen molar-refractivity contribution < 1.29 is 4.79 Å². The number of aromatic nitrogens is 2. The molecule has 0 unspecified atom stereocenters. The molecule has 4 heteroatoms. The van der Waals surface area contributed by atoms with E-state index in [4.69, 9.17) is 5.73 Å². The first-order valence-corrected chi connectivity index (χ1v) is 6.99. The van der Waals surface area contributed by atoms with Gasteiger partial charge in [-0.05, 0) is 29.0 Å². The van der Waals surface area contributed by atoms with Crippen LogP contribution in [0.1, 0.15) is 10.4 Å². The molecular formula is C18H13N3O. The number of carbonyl (C=O) groups is 1. The van der Waals surface area contributed by atoms with Gasteiger partial charge in [0.05, 0.1) is 11.3 Å². The maximum atomic E-state index is 11.5. The molecule has 0 saturated carbocycles. The zero-order valence-electron chi connectivity index (χ0n) is 11.7. The van der Waals surface area contributed by atoms with Gasteiger partial charge in [0.25, 0.3) is 5.91 Å². The largest absolute Gasteiger partial charge is 0.365 e. The van der Waals surface area contributed by atoms with Gasteiger partial charge in [0.2, 0.25) is 0 Å². The van der Waals surface area contributed by atoms with Gasteiger partial charge in [0, 0.05) is 18.0 Å². The molecule has 0 aliphatic carbocycles. The predicted molar refractivity (Wildman–Crippen MR) is 86.7 cm³/mol. The molecule has 0 spiro atoms. The Morgan fingerprint density at radius 2 is 1.82 bits per heavy atom. The third-order valence-electron chi connectivity index (χ3n) is 3.79. The van der Waals surface area contributed by atoms with Crippen LogP contribution in [0.5, 0.6) is 0 Å². The molecule has 0 radical (unpaired) electrons. The van der Waals surface area contributed by atoms with Gasteiger partial charge < -0.3 is 10.1 Å². The molecule has 0 atom stereocenters. The van der Waals surface area contributed by atoms with Gasteiger partial charge in [-0.3, -0.25) is 4.79 Å². The summed E-state index contributed by atoms with van der Waals surface area (Å²) in [6.45, 7) is 0. The lowest BCUT2D eigenvalue weighted by molar-refractivity contribution is 0.100. The van der Waals surface area contributed by atoms with Crippen molar-refractivity contribution in [1.29, 1.82) is 0 Å². The number of nitrogens with zero attached hydrogens (tertiary/aromatic N) is 2. The summed E-state index contributed by atoms with van der Waals surface area (Å²) in [7, 11) is 0. The van der Waals surface area contributed by atoms with Crippen LogP contribution in [-0.2, 0) is 0 Å². The summed E-state index contributed by atoms with van der Waals surface area (Å²) < 4.78 is 1.82. The molecule has 2 aromatic carbocycles. The third kappa shape index (κ3) is 1.93. The van der Waals surface area contributed by atoms with E-state index in [2.05, 4.69) is 29.2 Å². The Balaban J connectivity index is 1.92. The zero-order valence-corrected chi connectivity index (χ0v) is 11.7. The number of fused-ring (bicyclic) bond motifs is 2. The number of carbonyl (C=O) groups excluding carboxylic acids is 1. The minimum atomic E-state index is -0.471. The summed E-state index contributed by atoms with van der Waals surface area (Å²) in [5.41, 5.74) is 8.25. The highest BCUT2D eigenvalue weighted by Crippen LogP contribution is 2.25. The average Bonchev–Trinajstić information content (AvgIpc) is 2.98. The van der Waals surface area contributed by atoms with Gasteiger partial charge in [-0.25, -0.2) is 4.98 Å². The fourth-order valence-corrected chi connectivity index (χ4v) is 2.69. The summed E-state index contributed by atoms with van der Waals surface area (Å²) >= 11 is 0. The number of hydrogen-bond donors (Lipinski definition) is 1. The molecule has 106 valence electrons. The van der Waals surface area contributed by atoms with E-state index in [9.17, 15) is 4.79 Å². The van der Waals surface area contributed by atoms with Crippen LogP contribution in [-0.4, -0.2) is 15.3 Å². The molecule has 0 aliphatic heterocycles. The lowest BCUT2D eigenvalue weighted by Crippen LogP contribution is -2.12. The van der Waals surface area contributed by atoms with E-state index in [0.29, 0.717) is 11.2 Å². The Labute approximate surface area is 126 Å². The highest BCUT2D eigenvalue weighted by Gasteiger charge is 2.11. The molecule has 0 saturated heterocycles. The SMILES string of the molecule is NC(=O)c1cccn2cc(-c3ccc4ccccc4c3)nc12. The molecular weight excluding hydrogens is 274 g/mol. The Bertz CT molecular complexity index is 1020. The first-order valence-electron chi connectivity index (χ1n) is 6.99. The third-order valence-corrected chi connectivity index (χ3v) is 3.79. The predicted octanol–water partition coefficient (Wildman–Crippen LogP) is 3.25. The molecule has 1 amide bonds. The zero-order chi connectivity index (χ0) is 15.1. The Morgan fingerprint density at radius 1 is 1.00 bits per heavy atom. The van der Waals surface area contributed by atoms with Crippen LogP contribution in [0.25, 0.3) is 27.7 Å². The second kappa shape index (κ2) is 4.70. The number of amides is 1. The Kier molecular flexibility index (Phi) is 2.69. The first kappa shape index (κ1) is 12.6. The van der Waals surface area contributed by atoms with Crippen LogP contribution >= 0.6 is 0 Å². The molecule has 4 nitrogen and oxygen atoms in total. The van der Waals surface area contributed by atoms with E-state index in [-0.39, 0.29) is 0 Å². The summed E-state index contributed by atoms with van der Waals surface area (Å²) in [4.78, 5) is 16.1. The quantitative estimate of drug-likeness (QED) is 0.615. The number of imidazole rings is 1. The summed E-state index contributed by atoms with van der Waals surface area (Å²) in [5.74, 6) is -0.471. The highest BCUT2D eigenvalue weighted by molar-refractivity contribution is 5.99. The second-order valence-electron chi connectivity index (χ2n) is 5.21. The van der Waals surface area contributed by atoms with Crippen molar-refractivity contribution in [2.24, 2.45) is 5.73 Å². The molecule has 2 heterocycles. The van der Waals surface area contributed by atoms with Gasteiger partial charge in [-0.15, -0.1) is 0 Å². The molecule has 0 aliphatic rings. The van der Waals surface area contributed by atoms with Gasteiger partial charge in [-0.1, -0.05) is 36.4 Å². The first-order chi connectivity index (χ1) is 10.7. The van der Waals surface area contributed by atoms with Crippen molar-refractivity contribution in [2.45, 2.75) is 0 Å². The monoisotopic (exact) mass is 287 g/mol. The number of rotatable bonds is 2. The molecule has 0 bridgehead atoms. The van der Waals surface area contributed by atoms with Crippen molar-refractivity contribution in [2.75, 3.05) is 0 Å². The number of nitrogens with two attached hydrogens (primary N) is 1. The lowest BCUT2D eigenvalue weighted by Gasteiger charge is -2.00. The van der Waals surface area contributed by atoms with E-state index in [1.807, 2.05) is 35.0 Å². The minimum absolute atomic E-state index is 0.425. The van der Waals surface area contributed by atoms with E-state index in [1.54, 1.807) is 12.1 Å². The highest BCUT2D eigenvalue weighted by atomic mass is 16.1. The minimum Gasteiger partial charge on any atom is -0.365 e. The molecule has 2 aromatic heterocycles. The standard InChI is InChI=1S/C18H13N3O/c19-17(22)15-6-3-9-21-11-16(20-18(15)21)14-8-7-12-4-1-2-5-13(12)10-14/h1-11H,(H2,19,22). The van der Waals surface area contributed by atoms with Crippen LogP contribution in [0.15, 0.2) is 67.0 Å². The van der Waals surface area contributed by atoms with Gasteiger partial charge in [0.15, 0.2) is 0 Å². The number of primary amides is 1. The van der Waals surface area contributed by atoms with Crippen LogP contribution in [0, 0.1) is 0 Å². The van der Waals surface area contributed by atoms with Gasteiger partial charge in [-0.2, -0.15) is 0 Å². The van der Waals surface area contributed by atoms with E-state index in [0.717, 1.165) is 16.6 Å². The van der Waals surface area contributed by atoms with Crippen molar-refractivity contribution in [3.63, 3.8) is 0 Å². The van der Waals surface area contributed by atoms with E-state index < -0.39 is 5.91 Å². The Hall–Kier alpha value is -3.14. The number of benzene rings is 2. The van der Waals surface area contributed by atoms with E-state index in [1.165, 1.54) is 5.39 Å². The molecule has 2 N–H and O–H groups in total. The number of hydrogen-bond acceptors (Lipinski definition) is 2. The second-order valence-corrected chi connectivity index (χ2v) is 5.21. The molecule has 0 fully saturated rings. The summed E-state index contributed by atoms with van der Waals surface area (Å²) in [5, 5.41) is 2.35. The topological polar surface area (TPSA) is 60.4 Å². The lowest BCUT2D eigenvalue weighted by atomic mass is 10.1. The van der Waals surface area contributed by atoms with Gasteiger partial charge >= 0.3 is 0 Å². The van der Waals surface area contributed by atoms with Crippen LogP contribution in [0.2, 0.25) is 0 Å². The van der Waals surface area contributed by atoms with Crippen LogP contribution < -0.4 is 5.73 Å². The smallest absolute Gasteiger partial charge is 0.252 e. The maximum absolute atomic E-state index is 11.5. The van der Waals surface area contributed by atoms with Crippen LogP contribution in [0.3, 0.4) is 0 Å². The van der Waals surface area contributed by atoms with Gasteiger partial charge in [0.1, 0.15) is 5.65 Å². The summed E-state index contributed by atoms with van der Waals surface area (Å²) in [6, 6.07) is 17.9. The van der Waals surface area contributed by atoms with Crippen molar-refractivity contribution >= 4 is 22.3 Å². The molecule has 4 aromatic rings. The average molecular weight is 287 g/mol. The van der Waals surface area contributed by atoms with E-state index >= 15 is 0 Å². The normalized spacial score (nSPS) is 11.1. The van der Waals surface area contributed by atoms with Crippen LogP contribution in [0.4, 0.5) is 0 Å².